The lowest BCUT2D eigenvalue weighted by molar-refractivity contribution is 0.659. The van der Waals surface area contributed by atoms with E-state index in [1.165, 1.54) is 85.3 Å². The van der Waals surface area contributed by atoms with Crippen LogP contribution in [0.5, 0.6) is 0 Å². The third kappa shape index (κ3) is 3.51. The molecule has 0 bridgehead atoms. The van der Waals surface area contributed by atoms with Gasteiger partial charge in [-0.2, -0.15) is 0 Å². The Morgan fingerprint density at radius 1 is 0.486 bits per heavy atom. The molecule has 0 fully saturated rings. The molecule has 0 saturated carbocycles. The van der Waals surface area contributed by atoms with Gasteiger partial charge in [0.25, 0.3) is 0 Å². The SMILES string of the molecule is CCCCC1c2ccccc2-c2ccc(-c3c4ccccc4c(-c4ccccc4)c4ccccc34)cc21. The molecule has 0 saturated heterocycles. The molecule has 0 radical (unpaired) electrons. The lowest BCUT2D eigenvalue weighted by Crippen LogP contribution is -1.97. The van der Waals surface area contributed by atoms with Crippen molar-refractivity contribution in [3.8, 4) is 33.4 Å². The van der Waals surface area contributed by atoms with Crippen LogP contribution in [0.2, 0.25) is 0 Å². The van der Waals surface area contributed by atoms with E-state index in [4.69, 9.17) is 0 Å². The van der Waals surface area contributed by atoms with Crippen molar-refractivity contribution in [2.24, 2.45) is 0 Å². The average molecular weight is 475 g/mol. The first-order chi connectivity index (χ1) is 18.3. The number of hydrogen-bond acceptors (Lipinski definition) is 0. The summed E-state index contributed by atoms with van der Waals surface area (Å²) in [6.45, 7) is 2.30. The quantitative estimate of drug-likeness (QED) is 0.218. The third-order valence-corrected chi connectivity index (χ3v) is 8.18. The van der Waals surface area contributed by atoms with Crippen LogP contribution >= 0.6 is 0 Å². The van der Waals surface area contributed by atoms with Gasteiger partial charge >= 0.3 is 0 Å². The predicted octanol–water partition coefficient (Wildman–Crippen LogP) is 10.6. The topological polar surface area (TPSA) is 0 Å². The smallest absolute Gasteiger partial charge is 0.0102 e. The minimum absolute atomic E-state index is 0.479. The van der Waals surface area contributed by atoms with Gasteiger partial charge < -0.3 is 0 Å². The molecule has 1 atom stereocenters. The minimum Gasteiger partial charge on any atom is -0.0654 e. The van der Waals surface area contributed by atoms with E-state index in [-0.39, 0.29) is 0 Å². The molecule has 1 unspecified atom stereocenters. The first kappa shape index (κ1) is 22.1. The molecule has 0 spiro atoms. The van der Waals surface area contributed by atoms with Crippen LogP contribution in [-0.4, -0.2) is 0 Å². The molecule has 6 aromatic carbocycles. The highest BCUT2D eigenvalue weighted by atomic mass is 14.3. The lowest BCUT2D eigenvalue weighted by Gasteiger charge is -2.19. The molecule has 0 aliphatic heterocycles. The number of benzene rings is 6. The molecule has 1 aliphatic carbocycles. The Hall–Kier alpha value is -4.16. The van der Waals surface area contributed by atoms with E-state index in [0.717, 1.165) is 0 Å². The second-order valence-electron chi connectivity index (χ2n) is 10.3. The van der Waals surface area contributed by atoms with Gasteiger partial charge in [0.05, 0.1) is 0 Å². The maximum atomic E-state index is 2.51. The molecule has 6 aromatic rings. The zero-order chi connectivity index (χ0) is 24.8. The highest BCUT2D eigenvalue weighted by molar-refractivity contribution is 6.21. The fourth-order valence-electron chi connectivity index (χ4n) is 6.54. The van der Waals surface area contributed by atoms with Crippen LogP contribution in [-0.2, 0) is 0 Å². The fourth-order valence-corrected chi connectivity index (χ4v) is 6.54. The van der Waals surface area contributed by atoms with Crippen LogP contribution in [0.3, 0.4) is 0 Å². The van der Waals surface area contributed by atoms with E-state index in [1.54, 1.807) is 0 Å². The van der Waals surface area contributed by atoms with Gasteiger partial charge in [-0.3, -0.25) is 0 Å². The average Bonchev–Trinajstić information content (AvgIpc) is 3.27. The number of fused-ring (bicyclic) bond motifs is 5. The molecule has 178 valence electrons. The highest BCUT2D eigenvalue weighted by Gasteiger charge is 2.28. The van der Waals surface area contributed by atoms with Gasteiger partial charge in [-0.15, -0.1) is 0 Å². The molecule has 0 heteroatoms. The molecule has 0 N–H and O–H groups in total. The van der Waals surface area contributed by atoms with Crippen molar-refractivity contribution in [3.05, 3.63) is 132 Å². The van der Waals surface area contributed by atoms with Crippen molar-refractivity contribution in [2.45, 2.75) is 32.1 Å². The van der Waals surface area contributed by atoms with Crippen molar-refractivity contribution in [1.82, 2.24) is 0 Å². The zero-order valence-electron chi connectivity index (χ0n) is 21.2. The van der Waals surface area contributed by atoms with E-state index in [2.05, 4.69) is 128 Å². The summed E-state index contributed by atoms with van der Waals surface area (Å²) in [5.74, 6) is 0.479. The van der Waals surface area contributed by atoms with Crippen LogP contribution < -0.4 is 0 Å². The van der Waals surface area contributed by atoms with E-state index in [0.29, 0.717) is 5.92 Å². The molecule has 0 heterocycles. The van der Waals surface area contributed by atoms with Crippen LogP contribution in [0, 0.1) is 0 Å². The van der Waals surface area contributed by atoms with E-state index >= 15 is 0 Å². The Morgan fingerprint density at radius 3 is 1.68 bits per heavy atom. The van der Waals surface area contributed by atoms with E-state index in [1.807, 2.05) is 0 Å². The van der Waals surface area contributed by atoms with Crippen molar-refractivity contribution < 1.29 is 0 Å². The van der Waals surface area contributed by atoms with E-state index in [9.17, 15) is 0 Å². The van der Waals surface area contributed by atoms with Crippen LogP contribution in [0.1, 0.15) is 43.2 Å². The lowest BCUT2D eigenvalue weighted by atomic mass is 9.84. The molecule has 0 nitrogen and oxygen atoms in total. The molecule has 0 aromatic heterocycles. The summed E-state index contributed by atoms with van der Waals surface area (Å²) in [6, 6.07) is 45.0. The largest absolute Gasteiger partial charge is 0.0654 e. The summed E-state index contributed by atoms with van der Waals surface area (Å²) < 4.78 is 0. The van der Waals surface area contributed by atoms with E-state index < -0.39 is 0 Å². The number of hydrogen-bond donors (Lipinski definition) is 0. The molecule has 7 rings (SSSR count). The molecule has 1 aliphatic rings. The van der Waals surface area contributed by atoms with Crippen LogP contribution in [0.25, 0.3) is 54.9 Å². The summed E-state index contributed by atoms with van der Waals surface area (Å²) >= 11 is 0. The Labute approximate surface area is 219 Å². The second kappa shape index (κ2) is 9.05. The summed E-state index contributed by atoms with van der Waals surface area (Å²) in [5.41, 5.74) is 11.1. The molecule has 0 amide bonds. The molecular formula is C37H30. The van der Waals surface area contributed by atoms with Gasteiger partial charge in [-0.25, -0.2) is 0 Å². The monoisotopic (exact) mass is 474 g/mol. The van der Waals surface area contributed by atoms with Crippen molar-refractivity contribution >= 4 is 21.5 Å². The van der Waals surface area contributed by atoms with Crippen LogP contribution in [0.4, 0.5) is 0 Å². The molecule has 37 heavy (non-hydrogen) atoms. The predicted molar refractivity (Wildman–Crippen MR) is 159 cm³/mol. The number of unbranched alkanes of at least 4 members (excludes halogenated alkanes) is 1. The van der Waals surface area contributed by atoms with Gasteiger partial charge in [0, 0.05) is 5.92 Å². The van der Waals surface area contributed by atoms with Gasteiger partial charge in [-0.05, 0) is 78.5 Å². The normalized spacial score (nSPS) is 14.1. The van der Waals surface area contributed by atoms with Gasteiger partial charge in [-0.1, -0.05) is 135 Å². The summed E-state index contributed by atoms with van der Waals surface area (Å²) in [6.07, 6.45) is 3.68. The van der Waals surface area contributed by atoms with Gasteiger partial charge in [0.1, 0.15) is 0 Å². The second-order valence-corrected chi connectivity index (χ2v) is 10.3. The van der Waals surface area contributed by atoms with Crippen molar-refractivity contribution in [3.63, 3.8) is 0 Å². The summed E-state index contributed by atoms with van der Waals surface area (Å²) in [4.78, 5) is 0. The maximum absolute atomic E-state index is 2.51. The highest BCUT2D eigenvalue weighted by Crippen LogP contribution is 2.50. The minimum atomic E-state index is 0.479. The summed E-state index contributed by atoms with van der Waals surface area (Å²) in [7, 11) is 0. The zero-order valence-corrected chi connectivity index (χ0v) is 21.2. The Bertz CT molecular complexity index is 1700. The summed E-state index contributed by atoms with van der Waals surface area (Å²) in [5, 5.41) is 5.27. The first-order valence-electron chi connectivity index (χ1n) is 13.6. The Kier molecular flexibility index (Phi) is 5.40. The van der Waals surface area contributed by atoms with Gasteiger partial charge in [0.2, 0.25) is 0 Å². The van der Waals surface area contributed by atoms with Crippen molar-refractivity contribution in [1.29, 1.82) is 0 Å². The first-order valence-corrected chi connectivity index (χ1v) is 13.6. The fraction of sp³-hybridized carbons (Fsp3) is 0.135. The standard InChI is InChI=1S/C37H30/c1-2-3-15-29-27-16-7-8-17-28(27)30-23-22-26(24-35(29)30)37-33-20-11-9-18-31(33)36(25-13-5-4-6-14-25)32-19-10-12-21-34(32)37/h4-14,16-24,29H,2-3,15H2,1H3. The number of rotatable bonds is 5. The van der Waals surface area contributed by atoms with Crippen LogP contribution in [0.15, 0.2) is 121 Å². The van der Waals surface area contributed by atoms with Crippen molar-refractivity contribution in [2.75, 3.05) is 0 Å². The Balaban J connectivity index is 1.52. The molecular weight excluding hydrogens is 444 g/mol. The maximum Gasteiger partial charge on any atom is 0.0102 e. The Morgan fingerprint density at radius 2 is 1.03 bits per heavy atom. The third-order valence-electron chi connectivity index (χ3n) is 8.18. The van der Waals surface area contributed by atoms with Gasteiger partial charge in [0.15, 0.2) is 0 Å².